The molecule has 0 aliphatic carbocycles. The van der Waals surface area contributed by atoms with E-state index in [2.05, 4.69) is 0 Å². The topological polar surface area (TPSA) is 138 Å². The summed E-state index contributed by atoms with van der Waals surface area (Å²) in [5.74, 6) is 0.0237. The van der Waals surface area contributed by atoms with E-state index >= 15 is 0 Å². The molecule has 1 aromatic heterocycles. The maximum absolute atomic E-state index is 13.8. The zero-order chi connectivity index (χ0) is 30.6. The maximum Gasteiger partial charge on any atom is 0.339 e. The Kier molecular flexibility index (Phi) is 9.02. The van der Waals surface area contributed by atoms with Crippen LogP contribution in [0.15, 0.2) is 56.6 Å². The summed E-state index contributed by atoms with van der Waals surface area (Å²) in [5, 5.41) is -0.0297. The Bertz CT molecular complexity index is 1760. The first-order valence-electron chi connectivity index (χ1n) is 12.3. The summed E-state index contributed by atoms with van der Waals surface area (Å²) in [6, 6.07) is 10.5. The van der Waals surface area contributed by atoms with Gasteiger partial charge >= 0.3 is 10.1 Å². The van der Waals surface area contributed by atoms with Gasteiger partial charge in [0.2, 0.25) is 28.4 Å². The fraction of sp³-hybridized carbons (Fsp3) is 0.276. The molecule has 12 nitrogen and oxygen atoms in total. The van der Waals surface area contributed by atoms with Gasteiger partial charge in [-0.1, -0.05) is 17.7 Å². The van der Waals surface area contributed by atoms with Crippen molar-refractivity contribution >= 4 is 21.1 Å². The van der Waals surface area contributed by atoms with Gasteiger partial charge in [-0.25, -0.2) is 0 Å². The molecule has 0 atom stereocenters. The van der Waals surface area contributed by atoms with Gasteiger partial charge in [0, 0.05) is 12.7 Å². The first-order chi connectivity index (χ1) is 20.1. The predicted molar refractivity (Wildman–Crippen MR) is 152 cm³/mol. The first kappa shape index (κ1) is 30.3. The molecule has 0 radical (unpaired) electrons. The molecule has 42 heavy (non-hydrogen) atoms. The minimum Gasteiger partial charge on any atom is -0.493 e. The summed E-state index contributed by atoms with van der Waals surface area (Å²) in [7, 11) is 4.03. The lowest BCUT2D eigenvalue weighted by molar-refractivity contribution is 0.0470. The molecule has 3 aromatic carbocycles. The second kappa shape index (κ2) is 12.5. The van der Waals surface area contributed by atoms with E-state index in [-0.39, 0.29) is 68.7 Å². The average Bonchev–Trinajstić information content (AvgIpc) is 2.99. The molecular formula is C29H30O12S. The van der Waals surface area contributed by atoms with E-state index in [0.717, 1.165) is 5.56 Å². The summed E-state index contributed by atoms with van der Waals surface area (Å²) in [6.45, 7) is 1.67. The molecule has 0 saturated carbocycles. The highest BCUT2D eigenvalue weighted by atomic mass is 32.2. The molecule has 0 amide bonds. The van der Waals surface area contributed by atoms with Crippen molar-refractivity contribution in [2.45, 2.75) is 11.8 Å². The van der Waals surface area contributed by atoms with Gasteiger partial charge in [-0.05, 0) is 37.3 Å². The van der Waals surface area contributed by atoms with Crippen LogP contribution in [0.1, 0.15) is 5.56 Å². The van der Waals surface area contributed by atoms with Crippen LogP contribution in [0.2, 0.25) is 0 Å². The summed E-state index contributed by atoms with van der Waals surface area (Å²) in [5.41, 5.74) is 0.586. The van der Waals surface area contributed by atoms with Crippen molar-refractivity contribution in [2.24, 2.45) is 0 Å². The number of benzene rings is 3. The van der Waals surface area contributed by atoms with Gasteiger partial charge in [-0.15, -0.1) is 0 Å². The van der Waals surface area contributed by atoms with Crippen molar-refractivity contribution in [3.8, 4) is 51.6 Å². The van der Waals surface area contributed by atoms with E-state index in [4.69, 9.17) is 41.8 Å². The lowest BCUT2D eigenvalue weighted by Crippen LogP contribution is -2.12. The minimum absolute atomic E-state index is 0.00536. The second-order valence-corrected chi connectivity index (χ2v) is 10.2. The van der Waals surface area contributed by atoms with Crippen LogP contribution in [0.4, 0.5) is 0 Å². The fourth-order valence-electron chi connectivity index (χ4n) is 4.25. The van der Waals surface area contributed by atoms with Crippen LogP contribution in [0, 0.1) is 6.92 Å². The number of fused-ring (bicyclic) bond motifs is 1. The third kappa shape index (κ3) is 5.48. The van der Waals surface area contributed by atoms with Gasteiger partial charge in [0.25, 0.3) is 0 Å². The molecule has 224 valence electrons. The Morgan fingerprint density at radius 1 is 0.714 bits per heavy atom. The predicted octanol–water partition coefficient (Wildman–Crippen LogP) is 4.56. The standard InChI is InChI=1S/C29H30O12S/c1-16-8-11-18(12-9-16)42(31,32)41-19-13-10-17(14-20(19)34-3)23-26(36-5)22(30)21-24(35-4)29(39-15-33-2)28(38-7)27(37-6)25(21)40-23/h8-14H,15H2,1-7H3. The third-order valence-corrected chi connectivity index (χ3v) is 7.44. The average molecular weight is 603 g/mol. The molecule has 0 N–H and O–H groups in total. The van der Waals surface area contributed by atoms with Crippen molar-refractivity contribution in [1.29, 1.82) is 0 Å². The van der Waals surface area contributed by atoms with Gasteiger partial charge in [0.15, 0.2) is 35.4 Å². The van der Waals surface area contributed by atoms with E-state index in [1.165, 1.54) is 73.0 Å². The molecule has 4 rings (SSSR count). The molecular weight excluding hydrogens is 572 g/mol. The van der Waals surface area contributed by atoms with Crippen LogP contribution in [0.25, 0.3) is 22.3 Å². The monoisotopic (exact) mass is 602 g/mol. The maximum atomic E-state index is 13.8. The second-order valence-electron chi connectivity index (χ2n) is 8.69. The number of methoxy groups -OCH3 is 6. The Hall–Kier alpha value is -4.62. The van der Waals surface area contributed by atoms with Crippen molar-refractivity contribution in [2.75, 3.05) is 49.5 Å². The molecule has 0 spiro atoms. The highest BCUT2D eigenvalue weighted by Gasteiger charge is 2.31. The summed E-state index contributed by atoms with van der Waals surface area (Å²) in [4.78, 5) is 13.8. The van der Waals surface area contributed by atoms with Crippen LogP contribution in [-0.2, 0) is 14.9 Å². The van der Waals surface area contributed by atoms with E-state index in [1.54, 1.807) is 12.1 Å². The van der Waals surface area contributed by atoms with Crippen LogP contribution < -0.4 is 38.0 Å². The highest BCUT2D eigenvalue weighted by Crippen LogP contribution is 2.51. The molecule has 0 saturated heterocycles. The summed E-state index contributed by atoms with van der Waals surface area (Å²) in [6.07, 6.45) is 0. The van der Waals surface area contributed by atoms with Gasteiger partial charge in [0.1, 0.15) is 10.3 Å². The number of ether oxygens (including phenoxy) is 7. The fourth-order valence-corrected chi connectivity index (χ4v) is 5.19. The molecule has 0 fully saturated rings. The van der Waals surface area contributed by atoms with Gasteiger partial charge in [-0.2, -0.15) is 8.42 Å². The molecule has 1 heterocycles. The Morgan fingerprint density at radius 2 is 1.36 bits per heavy atom. The number of rotatable bonds is 12. The van der Waals surface area contributed by atoms with Crippen molar-refractivity contribution in [1.82, 2.24) is 0 Å². The number of hydrogen-bond acceptors (Lipinski definition) is 12. The zero-order valence-electron chi connectivity index (χ0n) is 24.1. The smallest absolute Gasteiger partial charge is 0.339 e. The van der Waals surface area contributed by atoms with E-state index in [9.17, 15) is 13.2 Å². The van der Waals surface area contributed by atoms with Crippen molar-refractivity contribution in [3.05, 3.63) is 58.3 Å². The largest absolute Gasteiger partial charge is 0.493 e. The lowest BCUT2D eigenvalue weighted by atomic mass is 10.1. The van der Waals surface area contributed by atoms with Crippen molar-refractivity contribution in [3.63, 3.8) is 0 Å². The van der Waals surface area contributed by atoms with Crippen LogP contribution in [-0.4, -0.2) is 57.9 Å². The lowest BCUT2D eigenvalue weighted by Gasteiger charge is -2.20. The molecule has 0 unspecified atom stereocenters. The zero-order valence-corrected chi connectivity index (χ0v) is 24.9. The van der Waals surface area contributed by atoms with E-state index < -0.39 is 15.5 Å². The summed E-state index contributed by atoms with van der Waals surface area (Å²) < 4.78 is 75.6. The molecule has 0 aliphatic rings. The van der Waals surface area contributed by atoms with Gasteiger partial charge < -0.3 is 41.8 Å². The van der Waals surface area contributed by atoms with Gasteiger partial charge in [-0.3, -0.25) is 4.79 Å². The molecule has 0 bridgehead atoms. The van der Waals surface area contributed by atoms with Crippen LogP contribution in [0.3, 0.4) is 0 Å². The highest BCUT2D eigenvalue weighted by molar-refractivity contribution is 7.87. The summed E-state index contributed by atoms with van der Waals surface area (Å²) >= 11 is 0. The first-order valence-corrected chi connectivity index (χ1v) is 13.7. The molecule has 0 aliphatic heterocycles. The Labute approximate surface area is 242 Å². The molecule has 4 aromatic rings. The van der Waals surface area contributed by atoms with Gasteiger partial charge in [0.05, 0.1) is 35.5 Å². The normalized spacial score (nSPS) is 11.2. The number of hydrogen-bond donors (Lipinski definition) is 0. The van der Waals surface area contributed by atoms with Crippen LogP contribution >= 0.6 is 0 Å². The van der Waals surface area contributed by atoms with Crippen molar-refractivity contribution < 1.29 is 50.2 Å². The quantitative estimate of drug-likeness (QED) is 0.166. The van der Waals surface area contributed by atoms with E-state index in [1.807, 2.05) is 6.92 Å². The molecule has 13 heteroatoms. The SMILES string of the molecule is COCOc1c(OC)c(OC)c2oc(-c3ccc(OS(=O)(=O)c4ccc(C)cc4)c(OC)c3)c(OC)c(=O)c2c1OC. The van der Waals surface area contributed by atoms with E-state index in [0.29, 0.717) is 5.56 Å². The Balaban J connectivity index is 1.92. The third-order valence-electron chi connectivity index (χ3n) is 6.20. The number of aryl methyl sites for hydroxylation is 1. The van der Waals surface area contributed by atoms with Crippen LogP contribution in [0.5, 0.6) is 40.2 Å². The Morgan fingerprint density at radius 3 is 1.93 bits per heavy atom. The minimum atomic E-state index is -4.17.